The molecule has 96 valence electrons. The van der Waals surface area contributed by atoms with Gasteiger partial charge in [0.1, 0.15) is 4.90 Å². The number of hydrogen-bond acceptors (Lipinski definition) is 5. The van der Waals surface area contributed by atoms with Crippen LogP contribution in [0.1, 0.15) is 6.42 Å². The molecule has 1 aliphatic heterocycles. The van der Waals surface area contributed by atoms with Crippen LogP contribution in [0.15, 0.2) is 17.3 Å². The van der Waals surface area contributed by atoms with Gasteiger partial charge >= 0.3 is 0 Å². The lowest BCUT2D eigenvalue weighted by molar-refractivity contribution is 0.0667. The van der Waals surface area contributed by atoms with E-state index in [-0.39, 0.29) is 11.4 Å². The Balaban J connectivity index is 2.03. The molecule has 0 saturated carbocycles. The van der Waals surface area contributed by atoms with E-state index in [0.29, 0.717) is 19.5 Å². The molecule has 17 heavy (non-hydrogen) atoms. The SMILES string of the molecule is Cn1cc(S(=O)(=O)NCC2(O)CCNC2)cn1. The Morgan fingerprint density at radius 1 is 1.71 bits per heavy atom. The highest BCUT2D eigenvalue weighted by atomic mass is 32.2. The van der Waals surface area contributed by atoms with Gasteiger partial charge in [-0.3, -0.25) is 4.68 Å². The van der Waals surface area contributed by atoms with Crippen LogP contribution in [0.4, 0.5) is 0 Å². The van der Waals surface area contributed by atoms with E-state index in [1.807, 2.05) is 0 Å². The second kappa shape index (κ2) is 4.37. The molecule has 1 aromatic heterocycles. The quantitative estimate of drug-likeness (QED) is 0.607. The lowest BCUT2D eigenvalue weighted by Crippen LogP contribution is -2.44. The molecule has 2 heterocycles. The first kappa shape index (κ1) is 12.5. The minimum atomic E-state index is -3.59. The van der Waals surface area contributed by atoms with Crippen molar-refractivity contribution < 1.29 is 13.5 Å². The monoisotopic (exact) mass is 260 g/mol. The maximum Gasteiger partial charge on any atom is 0.243 e. The van der Waals surface area contributed by atoms with Crippen LogP contribution in [-0.4, -0.2) is 48.5 Å². The zero-order valence-corrected chi connectivity index (χ0v) is 10.4. The first-order chi connectivity index (χ1) is 7.91. The van der Waals surface area contributed by atoms with Gasteiger partial charge in [0.25, 0.3) is 0 Å². The maximum absolute atomic E-state index is 11.8. The second-order valence-corrected chi connectivity index (χ2v) is 6.09. The largest absolute Gasteiger partial charge is 0.387 e. The fraction of sp³-hybridized carbons (Fsp3) is 0.667. The van der Waals surface area contributed by atoms with Crippen LogP contribution in [0.3, 0.4) is 0 Å². The molecule has 7 nitrogen and oxygen atoms in total. The molecule has 0 amide bonds. The molecule has 0 aromatic carbocycles. The molecule has 1 saturated heterocycles. The highest BCUT2D eigenvalue weighted by molar-refractivity contribution is 7.89. The van der Waals surface area contributed by atoms with Gasteiger partial charge in [0.05, 0.1) is 11.8 Å². The summed E-state index contributed by atoms with van der Waals surface area (Å²) in [6.45, 7) is 1.12. The van der Waals surface area contributed by atoms with Crippen molar-refractivity contribution in [1.29, 1.82) is 0 Å². The molecule has 1 aliphatic rings. The van der Waals surface area contributed by atoms with Crippen LogP contribution in [0.5, 0.6) is 0 Å². The van der Waals surface area contributed by atoms with E-state index in [9.17, 15) is 13.5 Å². The van der Waals surface area contributed by atoms with Crippen LogP contribution >= 0.6 is 0 Å². The van der Waals surface area contributed by atoms with E-state index < -0.39 is 15.6 Å². The Morgan fingerprint density at radius 3 is 3.00 bits per heavy atom. The Kier molecular flexibility index (Phi) is 3.21. The fourth-order valence-electron chi connectivity index (χ4n) is 1.73. The minimum absolute atomic E-state index is 0.0111. The highest BCUT2D eigenvalue weighted by Gasteiger charge is 2.32. The summed E-state index contributed by atoms with van der Waals surface area (Å²) in [7, 11) is -1.94. The molecule has 0 bridgehead atoms. The second-order valence-electron chi connectivity index (χ2n) is 4.33. The molecule has 1 aromatic rings. The fourth-order valence-corrected chi connectivity index (χ4v) is 2.83. The summed E-state index contributed by atoms with van der Waals surface area (Å²) < 4.78 is 27.5. The van der Waals surface area contributed by atoms with Crippen molar-refractivity contribution in [2.75, 3.05) is 19.6 Å². The van der Waals surface area contributed by atoms with Gasteiger partial charge in [-0.1, -0.05) is 0 Å². The highest BCUT2D eigenvalue weighted by Crippen LogP contribution is 2.14. The zero-order valence-electron chi connectivity index (χ0n) is 9.55. The van der Waals surface area contributed by atoms with Gasteiger partial charge < -0.3 is 10.4 Å². The first-order valence-electron chi connectivity index (χ1n) is 5.33. The van der Waals surface area contributed by atoms with Gasteiger partial charge in [0, 0.05) is 26.3 Å². The van der Waals surface area contributed by atoms with Crippen molar-refractivity contribution in [1.82, 2.24) is 19.8 Å². The number of nitrogens with one attached hydrogen (secondary N) is 2. The summed E-state index contributed by atoms with van der Waals surface area (Å²) in [6.07, 6.45) is 3.24. The Morgan fingerprint density at radius 2 is 2.47 bits per heavy atom. The van der Waals surface area contributed by atoms with Gasteiger partial charge in [0.15, 0.2) is 0 Å². The minimum Gasteiger partial charge on any atom is -0.387 e. The van der Waals surface area contributed by atoms with Crippen molar-refractivity contribution in [3.63, 3.8) is 0 Å². The topological polar surface area (TPSA) is 96.2 Å². The molecule has 1 atom stereocenters. The van der Waals surface area contributed by atoms with Gasteiger partial charge in [-0.2, -0.15) is 5.10 Å². The average molecular weight is 260 g/mol. The summed E-state index contributed by atoms with van der Waals surface area (Å²) >= 11 is 0. The molecule has 1 unspecified atom stereocenters. The summed E-state index contributed by atoms with van der Waals surface area (Å²) in [6, 6.07) is 0. The van der Waals surface area contributed by atoms with Gasteiger partial charge in [-0.05, 0) is 13.0 Å². The average Bonchev–Trinajstić information content (AvgIpc) is 2.86. The van der Waals surface area contributed by atoms with E-state index in [2.05, 4.69) is 15.1 Å². The number of aromatic nitrogens is 2. The van der Waals surface area contributed by atoms with Crippen LogP contribution in [0, 0.1) is 0 Å². The van der Waals surface area contributed by atoms with Crippen LogP contribution in [-0.2, 0) is 17.1 Å². The standard InChI is InChI=1S/C9H16N4O3S/c1-13-5-8(4-11-13)17(15,16)12-7-9(14)2-3-10-6-9/h4-5,10,12,14H,2-3,6-7H2,1H3. The van der Waals surface area contributed by atoms with Crippen LogP contribution < -0.4 is 10.0 Å². The van der Waals surface area contributed by atoms with Gasteiger partial charge in [-0.15, -0.1) is 0 Å². The Hall–Kier alpha value is -0.960. The van der Waals surface area contributed by atoms with Crippen molar-refractivity contribution in [2.24, 2.45) is 7.05 Å². The number of aryl methyl sites for hydroxylation is 1. The lowest BCUT2D eigenvalue weighted by Gasteiger charge is -2.21. The van der Waals surface area contributed by atoms with E-state index >= 15 is 0 Å². The number of sulfonamides is 1. The number of rotatable bonds is 4. The molecule has 2 rings (SSSR count). The molecule has 3 N–H and O–H groups in total. The number of β-amino-alcohol motifs (C(OH)–C–C–N with tert-alkyl or cyclic N) is 1. The summed E-state index contributed by atoms with van der Waals surface area (Å²) in [5.74, 6) is 0. The predicted octanol–water partition coefficient (Wildman–Crippen LogP) is -1.58. The summed E-state index contributed by atoms with van der Waals surface area (Å²) in [5, 5.41) is 16.8. The number of hydrogen-bond donors (Lipinski definition) is 3. The third kappa shape index (κ3) is 2.83. The molecular formula is C9H16N4O3S. The summed E-state index contributed by atoms with van der Waals surface area (Å²) in [4.78, 5) is 0.106. The third-order valence-electron chi connectivity index (χ3n) is 2.80. The molecule has 8 heteroatoms. The molecule has 0 aliphatic carbocycles. The zero-order chi connectivity index (χ0) is 12.5. The maximum atomic E-state index is 11.8. The van der Waals surface area contributed by atoms with E-state index in [1.54, 1.807) is 7.05 Å². The lowest BCUT2D eigenvalue weighted by atomic mass is 10.1. The molecule has 0 spiro atoms. The van der Waals surface area contributed by atoms with Crippen LogP contribution in [0.2, 0.25) is 0 Å². The van der Waals surface area contributed by atoms with Crippen molar-refractivity contribution in [2.45, 2.75) is 16.9 Å². The van der Waals surface area contributed by atoms with E-state index in [4.69, 9.17) is 0 Å². The van der Waals surface area contributed by atoms with Gasteiger partial charge in [0.2, 0.25) is 10.0 Å². The van der Waals surface area contributed by atoms with Crippen molar-refractivity contribution in [3.8, 4) is 0 Å². The molecule has 1 fully saturated rings. The van der Waals surface area contributed by atoms with Gasteiger partial charge in [-0.25, -0.2) is 13.1 Å². The van der Waals surface area contributed by atoms with Crippen molar-refractivity contribution >= 4 is 10.0 Å². The third-order valence-corrected chi connectivity index (χ3v) is 4.16. The predicted molar refractivity (Wildman–Crippen MR) is 60.8 cm³/mol. The first-order valence-corrected chi connectivity index (χ1v) is 6.81. The van der Waals surface area contributed by atoms with E-state index in [1.165, 1.54) is 17.1 Å². The number of aliphatic hydroxyl groups is 1. The molecule has 0 radical (unpaired) electrons. The Bertz CT molecular complexity index is 490. The molecular weight excluding hydrogens is 244 g/mol. The number of nitrogens with zero attached hydrogens (tertiary/aromatic N) is 2. The van der Waals surface area contributed by atoms with Crippen molar-refractivity contribution in [3.05, 3.63) is 12.4 Å². The van der Waals surface area contributed by atoms with E-state index in [0.717, 1.165) is 0 Å². The summed E-state index contributed by atoms with van der Waals surface area (Å²) in [5.41, 5.74) is -0.991. The normalized spacial score (nSPS) is 25.3. The van der Waals surface area contributed by atoms with Crippen LogP contribution in [0.25, 0.3) is 0 Å². The Labute approximate surface area is 99.9 Å². The smallest absolute Gasteiger partial charge is 0.243 e.